The van der Waals surface area contributed by atoms with Crippen molar-refractivity contribution in [2.45, 2.75) is 78.0 Å². The Balaban J connectivity index is 1.92. The fraction of sp³-hybridized carbons (Fsp3) is 1.00. The van der Waals surface area contributed by atoms with Crippen LogP contribution in [0.15, 0.2) is 0 Å². The van der Waals surface area contributed by atoms with Crippen LogP contribution in [-0.2, 0) is 4.74 Å². The van der Waals surface area contributed by atoms with Crippen molar-refractivity contribution in [1.82, 2.24) is 10.2 Å². The predicted octanol–water partition coefficient (Wildman–Crippen LogP) is 3.04. The van der Waals surface area contributed by atoms with Gasteiger partial charge in [0.15, 0.2) is 0 Å². The van der Waals surface area contributed by atoms with Crippen LogP contribution in [0, 0.1) is 5.41 Å². The van der Waals surface area contributed by atoms with E-state index in [9.17, 15) is 0 Å². The van der Waals surface area contributed by atoms with Crippen molar-refractivity contribution in [2.24, 2.45) is 5.41 Å². The third-order valence-corrected chi connectivity index (χ3v) is 5.33. The molecule has 0 bridgehead atoms. The summed E-state index contributed by atoms with van der Waals surface area (Å²) in [6, 6.07) is 1.24. The second-order valence-corrected chi connectivity index (χ2v) is 7.40. The summed E-state index contributed by atoms with van der Waals surface area (Å²) in [5.41, 5.74) is 0.314. The monoisotopic (exact) mass is 282 g/mol. The topological polar surface area (TPSA) is 24.5 Å². The molecule has 1 saturated carbocycles. The Hall–Kier alpha value is -0.120. The van der Waals surface area contributed by atoms with Crippen molar-refractivity contribution < 1.29 is 4.74 Å². The molecule has 0 aromatic carbocycles. The van der Waals surface area contributed by atoms with Crippen LogP contribution in [0.2, 0.25) is 0 Å². The van der Waals surface area contributed by atoms with E-state index in [4.69, 9.17) is 4.74 Å². The quantitative estimate of drug-likeness (QED) is 0.810. The maximum absolute atomic E-state index is 5.99. The summed E-state index contributed by atoms with van der Waals surface area (Å²) in [7, 11) is 0. The summed E-state index contributed by atoms with van der Waals surface area (Å²) < 4.78 is 5.99. The minimum atomic E-state index is 0.314. The first-order valence-corrected chi connectivity index (χ1v) is 8.63. The van der Waals surface area contributed by atoms with Crippen LogP contribution in [-0.4, -0.2) is 49.3 Å². The van der Waals surface area contributed by atoms with Gasteiger partial charge in [0.2, 0.25) is 0 Å². The summed E-state index contributed by atoms with van der Waals surface area (Å²) in [5, 5.41) is 3.68. The van der Waals surface area contributed by atoms with Crippen LogP contribution in [0.5, 0.6) is 0 Å². The van der Waals surface area contributed by atoms with E-state index in [2.05, 4.69) is 37.9 Å². The van der Waals surface area contributed by atoms with E-state index in [1.54, 1.807) is 0 Å². The molecule has 1 heterocycles. The lowest BCUT2D eigenvalue weighted by Crippen LogP contribution is -2.57. The minimum absolute atomic E-state index is 0.314. The van der Waals surface area contributed by atoms with Crippen LogP contribution in [0.3, 0.4) is 0 Å². The van der Waals surface area contributed by atoms with Crippen LogP contribution in [0.25, 0.3) is 0 Å². The smallest absolute Gasteiger partial charge is 0.0730 e. The largest absolute Gasteiger partial charge is 0.375 e. The van der Waals surface area contributed by atoms with Gasteiger partial charge in [0, 0.05) is 25.2 Å². The number of nitrogens with zero attached hydrogens (tertiary/aromatic N) is 1. The van der Waals surface area contributed by atoms with Gasteiger partial charge >= 0.3 is 0 Å². The zero-order chi connectivity index (χ0) is 14.6. The fourth-order valence-electron chi connectivity index (χ4n) is 3.67. The second-order valence-electron chi connectivity index (χ2n) is 7.40. The molecule has 0 spiro atoms. The SMILES string of the molecule is CCCNC(C)C(C)(C)CN1CCOC2CCCCC21. The van der Waals surface area contributed by atoms with Crippen LogP contribution in [0.4, 0.5) is 0 Å². The highest BCUT2D eigenvalue weighted by Gasteiger charge is 2.37. The molecule has 1 saturated heterocycles. The van der Waals surface area contributed by atoms with Gasteiger partial charge in [-0.15, -0.1) is 0 Å². The van der Waals surface area contributed by atoms with Gasteiger partial charge in [-0.2, -0.15) is 0 Å². The molecule has 3 atom stereocenters. The van der Waals surface area contributed by atoms with E-state index in [-0.39, 0.29) is 0 Å². The summed E-state index contributed by atoms with van der Waals surface area (Å²) in [4.78, 5) is 2.72. The Morgan fingerprint density at radius 3 is 2.80 bits per heavy atom. The van der Waals surface area contributed by atoms with E-state index >= 15 is 0 Å². The van der Waals surface area contributed by atoms with Crippen LogP contribution < -0.4 is 5.32 Å². The van der Waals surface area contributed by atoms with Gasteiger partial charge in [0.1, 0.15) is 0 Å². The predicted molar refractivity (Wildman–Crippen MR) is 85.1 cm³/mol. The number of hydrogen-bond acceptors (Lipinski definition) is 3. The highest BCUT2D eigenvalue weighted by Crippen LogP contribution is 2.32. The summed E-state index contributed by atoms with van der Waals surface area (Å²) in [6.07, 6.45) is 7.05. The van der Waals surface area contributed by atoms with E-state index in [0.29, 0.717) is 23.6 Å². The van der Waals surface area contributed by atoms with Gasteiger partial charge in [-0.1, -0.05) is 33.6 Å². The summed E-state index contributed by atoms with van der Waals surface area (Å²) in [6.45, 7) is 13.8. The van der Waals surface area contributed by atoms with Crippen molar-refractivity contribution >= 4 is 0 Å². The van der Waals surface area contributed by atoms with Crippen molar-refractivity contribution in [3.8, 4) is 0 Å². The van der Waals surface area contributed by atoms with Gasteiger partial charge in [-0.05, 0) is 38.1 Å². The van der Waals surface area contributed by atoms with E-state index < -0.39 is 0 Å². The van der Waals surface area contributed by atoms with Crippen molar-refractivity contribution in [2.75, 3.05) is 26.2 Å². The number of morpholine rings is 1. The molecule has 2 rings (SSSR count). The molecule has 1 aliphatic carbocycles. The Morgan fingerprint density at radius 2 is 2.05 bits per heavy atom. The lowest BCUT2D eigenvalue weighted by molar-refractivity contribution is -0.0984. The molecule has 3 unspecified atom stereocenters. The number of hydrogen-bond donors (Lipinski definition) is 1. The molecule has 2 aliphatic rings. The molecule has 0 amide bonds. The van der Waals surface area contributed by atoms with Crippen molar-refractivity contribution in [3.05, 3.63) is 0 Å². The second kappa shape index (κ2) is 7.24. The molecule has 0 radical (unpaired) electrons. The summed E-state index contributed by atoms with van der Waals surface area (Å²) in [5.74, 6) is 0. The van der Waals surface area contributed by atoms with Crippen molar-refractivity contribution in [3.63, 3.8) is 0 Å². The molecule has 0 aromatic rings. The third kappa shape index (κ3) is 3.96. The molecular weight excluding hydrogens is 248 g/mol. The molecule has 1 N–H and O–H groups in total. The van der Waals surface area contributed by atoms with Gasteiger partial charge in [0.05, 0.1) is 12.7 Å². The van der Waals surface area contributed by atoms with Gasteiger partial charge in [-0.25, -0.2) is 0 Å². The molecule has 118 valence electrons. The zero-order valence-electron chi connectivity index (χ0n) is 14.0. The molecule has 0 aromatic heterocycles. The molecular formula is C17H34N2O. The third-order valence-electron chi connectivity index (χ3n) is 5.33. The Bertz CT molecular complexity index is 291. The van der Waals surface area contributed by atoms with E-state index in [0.717, 1.165) is 19.7 Å². The number of nitrogens with one attached hydrogen (secondary N) is 1. The maximum atomic E-state index is 5.99. The van der Waals surface area contributed by atoms with E-state index in [1.807, 2.05) is 0 Å². The number of ether oxygens (including phenoxy) is 1. The summed E-state index contributed by atoms with van der Waals surface area (Å²) >= 11 is 0. The number of rotatable bonds is 6. The zero-order valence-corrected chi connectivity index (χ0v) is 14.0. The molecule has 3 heteroatoms. The Kier molecular flexibility index (Phi) is 5.88. The lowest BCUT2D eigenvalue weighted by atomic mass is 9.82. The first-order chi connectivity index (χ1) is 9.54. The van der Waals surface area contributed by atoms with Crippen molar-refractivity contribution in [1.29, 1.82) is 0 Å². The minimum Gasteiger partial charge on any atom is -0.375 e. The van der Waals surface area contributed by atoms with E-state index in [1.165, 1.54) is 38.6 Å². The first kappa shape index (κ1) is 16.3. The normalized spacial score (nSPS) is 30.0. The Labute approximate surface area is 125 Å². The average Bonchev–Trinajstić information content (AvgIpc) is 2.44. The molecule has 20 heavy (non-hydrogen) atoms. The van der Waals surface area contributed by atoms with Gasteiger partial charge in [-0.3, -0.25) is 4.90 Å². The highest BCUT2D eigenvalue weighted by atomic mass is 16.5. The lowest BCUT2D eigenvalue weighted by Gasteiger charge is -2.47. The van der Waals surface area contributed by atoms with Crippen LogP contribution >= 0.6 is 0 Å². The maximum Gasteiger partial charge on any atom is 0.0730 e. The average molecular weight is 282 g/mol. The molecule has 2 fully saturated rings. The van der Waals surface area contributed by atoms with Gasteiger partial charge in [0.25, 0.3) is 0 Å². The molecule has 1 aliphatic heterocycles. The van der Waals surface area contributed by atoms with Gasteiger partial charge < -0.3 is 10.1 Å². The first-order valence-electron chi connectivity index (χ1n) is 8.63. The standard InChI is InChI=1S/C17H34N2O/c1-5-10-18-14(2)17(3,4)13-19-11-12-20-16-9-7-6-8-15(16)19/h14-16,18H,5-13H2,1-4H3. The number of fused-ring (bicyclic) bond motifs is 1. The highest BCUT2D eigenvalue weighted by molar-refractivity contribution is 4.92. The Morgan fingerprint density at radius 1 is 1.30 bits per heavy atom. The fourth-order valence-corrected chi connectivity index (χ4v) is 3.67. The van der Waals surface area contributed by atoms with Crippen LogP contribution in [0.1, 0.15) is 59.8 Å². The molecule has 3 nitrogen and oxygen atoms in total.